The van der Waals surface area contributed by atoms with E-state index >= 15 is 0 Å². The molecule has 0 radical (unpaired) electrons. The molecule has 0 saturated heterocycles. The molecule has 1 fully saturated rings. The van der Waals surface area contributed by atoms with Crippen LogP contribution in [-0.4, -0.2) is 57.0 Å². The highest BCUT2D eigenvalue weighted by molar-refractivity contribution is 7.89. The Morgan fingerprint density at radius 1 is 0.905 bits per heavy atom. The number of amides is 2. The van der Waals surface area contributed by atoms with E-state index in [4.69, 9.17) is 4.74 Å². The molecule has 0 aromatic heterocycles. The number of sulfonamides is 1. The molecular weight excluding hydrogens is 550 g/mol. The first-order valence-electron chi connectivity index (χ1n) is 14.7. The van der Waals surface area contributed by atoms with Gasteiger partial charge in [0.25, 0.3) is 0 Å². The maximum Gasteiger partial charge on any atom is 0.243 e. The Kier molecular flexibility index (Phi) is 11.7. The molecule has 42 heavy (non-hydrogen) atoms. The minimum atomic E-state index is -3.53. The summed E-state index contributed by atoms with van der Waals surface area (Å²) in [6, 6.07) is 25.4. The van der Waals surface area contributed by atoms with Crippen molar-refractivity contribution < 1.29 is 22.7 Å². The van der Waals surface area contributed by atoms with E-state index in [1.54, 1.807) is 29.2 Å². The van der Waals surface area contributed by atoms with Crippen LogP contribution in [0.15, 0.2) is 89.8 Å². The van der Waals surface area contributed by atoms with Crippen molar-refractivity contribution in [3.63, 3.8) is 0 Å². The first-order valence-corrected chi connectivity index (χ1v) is 16.2. The van der Waals surface area contributed by atoms with Crippen LogP contribution in [0.1, 0.15) is 49.3 Å². The molecule has 9 heteroatoms. The summed E-state index contributed by atoms with van der Waals surface area (Å²) in [7, 11) is -3.53. The summed E-state index contributed by atoms with van der Waals surface area (Å²) in [5.41, 5.74) is 2.76. The first-order chi connectivity index (χ1) is 20.4. The third kappa shape index (κ3) is 9.79. The molecule has 0 aliphatic heterocycles. The average molecular weight is 592 g/mol. The molecule has 0 heterocycles. The average Bonchev–Trinajstić information content (AvgIpc) is 3.82. The van der Waals surface area contributed by atoms with Crippen LogP contribution in [0.4, 0.5) is 0 Å². The molecule has 224 valence electrons. The number of carbonyl (C=O) groups is 2. The number of aryl methyl sites for hydroxylation is 1. The second-order valence-corrected chi connectivity index (χ2v) is 12.3. The van der Waals surface area contributed by atoms with Gasteiger partial charge in [-0.1, -0.05) is 72.8 Å². The minimum Gasteiger partial charge on any atom is -0.382 e. The Balaban J connectivity index is 1.50. The lowest BCUT2D eigenvalue weighted by Gasteiger charge is -2.31. The van der Waals surface area contributed by atoms with Gasteiger partial charge in [0.2, 0.25) is 21.8 Å². The highest BCUT2D eigenvalue weighted by Crippen LogP contribution is 2.23. The Bertz CT molecular complexity index is 1380. The summed E-state index contributed by atoms with van der Waals surface area (Å²) < 4.78 is 33.1. The van der Waals surface area contributed by atoms with Crippen LogP contribution in [0.3, 0.4) is 0 Å². The molecule has 1 aliphatic carbocycles. The molecule has 2 amide bonds. The number of hydrogen-bond donors (Lipinski definition) is 2. The van der Waals surface area contributed by atoms with Gasteiger partial charge >= 0.3 is 0 Å². The van der Waals surface area contributed by atoms with Crippen molar-refractivity contribution in [2.24, 2.45) is 0 Å². The van der Waals surface area contributed by atoms with E-state index in [0.29, 0.717) is 45.6 Å². The zero-order valence-corrected chi connectivity index (χ0v) is 25.0. The van der Waals surface area contributed by atoms with Crippen LogP contribution in [-0.2, 0) is 43.7 Å². The molecule has 4 rings (SSSR count). The van der Waals surface area contributed by atoms with Gasteiger partial charge in [-0.3, -0.25) is 9.59 Å². The molecule has 3 aromatic carbocycles. The van der Waals surface area contributed by atoms with Gasteiger partial charge in [-0.15, -0.1) is 0 Å². The van der Waals surface area contributed by atoms with Crippen LogP contribution in [0, 0.1) is 0 Å². The van der Waals surface area contributed by atoms with Gasteiger partial charge in [0, 0.05) is 45.2 Å². The Morgan fingerprint density at radius 2 is 1.55 bits per heavy atom. The lowest BCUT2D eigenvalue weighted by atomic mass is 10.0. The molecular formula is C33H41N3O5S. The molecule has 1 atom stereocenters. The highest BCUT2D eigenvalue weighted by atomic mass is 32.2. The van der Waals surface area contributed by atoms with E-state index in [9.17, 15) is 18.0 Å². The molecule has 0 bridgehead atoms. The largest absolute Gasteiger partial charge is 0.382 e. The standard InChI is InChI=1S/C33H41N3O5S/c1-2-41-23-9-22-34-33(38)31(24-27-10-5-3-6-11-27)36(25-28-12-7-4-8-13-28)32(37)21-16-26-14-19-30(20-15-26)42(39,40)35-29-17-18-29/h3-8,10-15,19-20,29,31,35H,2,9,16-18,21-25H2,1H3,(H,34,38). The number of hydrogen-bond acceptors (Lipinski definition) is 5. The number of ether oxygens (including phenoxy) is 1. The molecule has 8 nitrogen and oxygen atoms in total. The van der Waals surface area contributed by atoms with Crippen LogP contribution in [0.5, 0.6) is 0 Å². The van der Waals surface area contributed by atoms with Crippen LogP contribution in [0.25, 0.3) is 0 Å². The molecule has 1 aliphatic rings. The minimum absolute atomic E-state index is 0.0357. The molecule has 3 aromatic rings. The third-order valence-electron chi connectivity index (χ3n) is 7.20. The van der Waals surface area contributed by atoms with E-state index in [0.717, 1.165) is 29.5 Å². The van der Waals surface area contributed by atoms with Gasteiger partial charge < -0.3 is 15.0 Å². The number of nitrogens with one attached hydrogen (secondary N) is 2. The maximum atomic E-state index is 13.8. The normalized spacial score (nSPS) is 13.8. The van der Waals surface area contributed by atoms with E-state index in [2.05, 4.69) is 10.0 Å². The topological polar surface area (TPSA) is 105 Å². The summed E-state index contributed by atoms with van der Waals surface area (Å²) in [5, 5.41) is 3.02. The number of rotatable bonds is 17. The smallest absolute Gasteiger partial charge is 0.243 e. The fourth-order valence-corrected chi connectivity index (χ4v) is 6.01. The van der Waals surface area contributed by atoms with Gasteiger partial charge in [0.05, 0.1) is 4.90 Å². The van der Waals surface area contributed by atoms with Crippen molar-refractivity contribution in [2.45, 2.75) is 69.0 Å². The van der Waals surface area contributed by atoms with Crippen molar-refractivity contribution in [3.8, 4) is 0 Å². The molecule has 1 saturated carbocycles. The summed E-state index contributed by atoms with van der Waals surface area (Å²) in [6.07, 6.45) is 3.42. The van der Waals surface area contributed by atoms with E-state index in [-0.39, 0.29) is 29.2 Å². The van der Waals surface area contributed by atoms with Crippen molar-refractivity contribution in [1.82, 2.24) is 14.9 Å². The third-order valence-corrected chi connectivity index (χ3v) is 8.73. The number of carbonyl (C=O) groups excluding carboxylic acids is 2. The molecule has 2 N–H and O–H groups in total. The molecule has 0 spiro atoms. The Labute approximate surface area is 249 Å². The van der Waals surface area contributed by atoms with Crippen molar-refractivity contribution in [2.75, 3.05) is 19.8 Å². The van der Waals surface area contributed by atoms with E-state index in [1.165, 1.54) is 0 Å². The van der Waals surface area contributed by atoms with Crippen LogP contribution in [0.2, 0.25) is 0 Å². The van der Waals surface area contributed by atoms with Crippen molar-refractivity contribution in [1.29, 1.82) is 0 Å². The van der Waals surface area contributed by atoms with E-state index < -0.39 is 16.1 Å². The van der Waals surface area contributed by atoms with Gasteiger partial charge in [-0.25, -0.2) is 13.1 Å². The second kappa shape index (κ2) is 15.6. The van der Waals surface area contributed by atoms with E-state index in [1.807, 2.05) is 67.6 Å². The lowest BCUT2D eigenvalue weighted by molar-refractivity contribution is -0.141. The summed E-state index contributed by atoms with van der Waals surface area (Å²) in [6.45, 7) is 3.88. The van der Waals surface area contributed by atoms with Gasteiger partial charge in [-0.05, 0) is 61.4 Å². The fraction of sp³-hybridized carbons (Fsp3) is 0.394. The van der Waals surface area contributed by atoms with Crippen LogP contribution < -0.4 is 10.0 Å². The zero-order chi connectivity index (χ0) is 29.8. The summed E-state index contributed by atoms with van der Waals surface area (Å²) in [4.78, 5) is 29.3. The van der Waals surface area contributed by atoms with Crippen molar-refractivity contribution >= 4 is 21.8 Å². The quantitative estimate of drug-likeness (QED) is 0.229. The zero-order valence-electron chi connectivity index (χ0n) is 24.2. The van der Waals surface area contributed by atoms with Gasteiger partial charge in [-0.2, -0.15) is 0 Å². The van der Waals surface area contributed by atoms with Crippen molar-refractivity contribution in [3.05, 3.63) is 102 Å². The van der Waals surface area contributed by atoms with Crippen LogP contribution >= 0.6 is 0 Å². The Morgan fingerprint density at radius 3 is 2.17 bits per heavy atom. The fourth-order valence-electron chi connectivity index (χ4n) is 4.70. The summed E-state index contributed by atoms with van der Waals surface area (Å²) >= 11 is 0. The predicted octanol–water partition coefficient (Wildman–Crippen LogP) is 4.24. The monoisotopic (exact) mass is 591 g/mol. The number of benzene rings is 3. The van der Waals surface area contributed by atoms with Gasteiger partial charge in [0.1, 0.15) is 6.04 Å². The second-order valence-electron chi connectivity index (χ2n) is 10.6. The predicted molar refractivity (Wildman–Crippen MR) is 163 cm³/mol. The SMILES string of the molecule is CCOCCCNC(=O)C(Cc1ccccc1)N(Cc1ccccc1)C(=O)CCc1ccc(S(=O)(=O)NC2CC2)cc1. The summed E-state index contributed by atoms with van der Waals surface area (Å²) in [5.74, 6) is -0.339. The van der Waals surface area contributed by atoms with Gasteiger partial charge in [0.15, 0.2) is 0 Å². The maximum absolute atomic E-state index is 13.8. The number of nitrogens with zero attached hydrogens (tertiary/aromatic N) is 1. The Hall–Kier alpha value is -3.53. The highest BCUT2D eigenvalue weighted by Gasteiger charge is 2.30. The molecule has 1 unspecified atom stereocenters. The lowest BCUT2D eigenvalue weighted by Crippen LogP contribution is -2.50. The first kappa shape index (κ1) is 31.4.